The molecule has 0 radical (unpaired) electrons. The average Bonchev–Trinajstić information content (AvgIpc) is 4.20. The maximum Gasteiger partial charge on any atom is 0.0651 e. The highest BCUT2D eigenvalue weighted by Crippen LogP contribution is 2.39. The van der Waals surface area contributed by atoms with Gasteiger partial charge in [0.1, 0.15) is 0 Å². The van der Waals surface area contributed by atoms with Crippen molar-refractivity contribution in [2.45, 2.75) is 0 Å². The van der Waals surface area contributed by atoms with Gasteiger partial charge in [-0.05, 0) is 93.9 Å². The summed E-state index contributed by atoms with van der Waals surface area (Å²) in [6, 6.07) is -17.7. The van der Waals surface area contributed by atoms with E-state index in [-0.39, 0.29) is 33.2 Å². The zero-order valence-electron chi connectivity index (χ0n) is 53.2. The minimum absolute atomic E-state index is 0.0434. The van der Waals surface area contributed by atoms with E-state index >= 15 is 0 Å². The summed E-state index contributed by atoms with van der Waals surface area (Å²) in [7, 11) is 0. The molecule has 2 nitrogen and oxygen atoms in total. The summed E-state index contributed by atoms with van der Waals surface area (Å²) in [5, 5.41) is -1.96. The van der Waals surface area contributed by atoms with Crippen LogP contribution in [-0.4, -0.2) is 9.13 Å². The summed E-state index contributed by atoms with van der Waals surface area (Å²) in [6.07, 6.45) is 0. The molecule has 0 bridgehead atoms. The van der Waals surface area contributed by atoms with Gasteiger partial charge in [-0.25, -0.2) is 0 Å². The van der Waals surface area contributed by atoms with Crippen LogP contribution in [0.15, 0.2) is 193 Å². The largest absolute Gasteiger partial charge is 0.309 e. The molecule has 0 amide bonds. The highest BCUT2D eigenvalue weighted by atomic mass is 15.0. The van der Waals surface area contributed by atoms with Gasteiger partial charge in [0.2, 0.25) is 0 Å². The van der Waals surface area contributed by atoms with Gasteiger partial charge >= 0.3 is 0 Å². The number of rotatable bonds is 5. The molecule has 2 heterocycles. The van der Waals surface area contributed by atoms with Crippen LogP contribution >= 0.6 is 0 Å². The molecule has 2 aromatic heterocycles. The molecular weight excluding hydrogens is 605 g/mol. The number of benzene rings is 8. The molecule has 0 atom stereocenters. The number of nitrogens with zero attached hydrogens (tertiary/aromatic N) is 2. The maximum atomic E-state index is 9.87. The summed E-state index contributed by atoms with van der Waals surface area (Å²) in [4.78, 5) is 0. The first-order chi connectivity index (χ1) is 36.5. The Bertz CT molecular complexity index is 4400. The van der Waals surface area contributed by atoms with Gasteiger partial charge in [-0.15, -0.1) is 0 Å². The molecule has 0 aliphatic heterocycles. The van der Waals surface area contributed by atoms with Crippen LogP contribution in [0.2, 0.25) is 0 Å². The summed E-state index contributed by atoms with van der Waals surface area (Å²) in [5.74, 6) is 0. The maximum absolute atomic E-state index is 9.87. The molecule has 2 heteroatoms. The Labute approximate surface area is 330 Å². The summed E-state index contributed by atoms with van der Waals surface area (Å²) >= 11 is 0. The third-order valence-electron chi connectivity index (χ3n) is 8.06. The van der Waals surface area contributed by atoms with Gasteiger partial charge in [-0.3, -0.25) is 0 Å². The van der Waals surface area contributed by atoms with Crippen LogP contribution < -0.4 is 0 Å². The first kappa shape index (κ1) is 12.0. The predicted octanol–water partition coefficient (Wildman–Crippen LogP) is 12.9. The lowest BCUT2D eigenvalue weighted by molar-refractivity contribution is 1.18. The van der Waals surface area contributed by atoms with Gasteiger partial charge in [-0.1, -0.05) is 133 Å². The second-order valence-electron chi connectivity index (χ2n) is 10.8. The molecule has 0 saturated carbocycles. The van der Waals surface area contributed by atoms with Crippen LogP contribution in [0.5, 0.6) is 0 Å². The number of hydrogen-bond acceptors (Lipinski definition) is 0. The third-order valence-corrected chi connectivity index (χ3v) is 8.06. The van der Waals surface area contributed by atoms with Gasteiger partial charge in [0.05, 0.1) is 60.4 Å². The molecule has 10 aromatic rings. The number of fused-ring (bicyclic) bond motifs is 6. The highest BCUT2D eigenvalue weighted by Gasteiger charge is 2.16. The van der Waals surface area contributed by atoms with Crippen molar-refractivity contribution in [2.24, 2.45) is 0 Å². The molecule has 0 aliphatic rings. The number of hydrogen-bond donors (Lipinski definition) is 0. The third kappa shape index (κ3) is 4.57. The normalized spacial score (nSPS) is 19.4. The zero-order chi connectivity index (χ0) is 57.4. The standard InChI is InChI=1S/C48H32N2/c1-3-12-33(13-4-1)35-22-26-39(27-23-35)49-45-20-9-7-18-41(45)43-31-37(24-28-47(43)49)38-25-29-48-44(32-38)42-19-8-10-21-46(42)50(48)40-17-11-16-36(30-40)34-14-5-2-6-15-34/h1-32H/i1D,2D,3D,4D,5D,6D,7D,8D,9D,10D,11D,12D,13D,14D,15D,16D,17D,18D,19D,20D,21D,24D,25D,28D,29D,30D,31D,32D. The Balaban J connectivity index is 1.34. The number of para-hydroxylation sites is 2. The van der Waals surface area contributed by atoms with E-state index in [1.165, 1.54) is 28.8 Å². The van der Waals surface area contributed by atoms with E-state index in [9.17, 15) is 9.60 Å². The van der Waals surface area contributed by atoms with Crippen molar-refractivity contribution in [1.82, 2.24) is 9.13 Å². The molecule has 0 spiro atoms. The van der Waals surface area contributed by atoms with E-state index in [4.69, 9.17) is 28.8 Å². The van der Waals surface area contributed by atoms with Crippen LogP contribution in [-0.2, 0) is 0 Å². The van der Waals surface area contributed by atoms with Crippen molar-refractivity contribution in [3.05, 3.63) is 193 Å². The summed E-state index contributed by atoms with van der Waals surface area (Å²) in [5.41, 5.74) is -5.82. The zero-order valence-corrected chi connectivity index (χ0v) is 25.2. The molecule has 8 aromatic carbocycles. The Morgan fingerprint density at radius 3 is 1.30 bits per heavy atom. The van der Waals surface area contributed by atoms with Crippen molar-refractivity contribution in [2.75, 3.05) is 0 Å². The monoisotopic (exact) mass is 664 g/mol. The molecule has 0 aliphatic carbocycles. The van der Waals surface area contributed by atoms with Crippen LogP contribution in [0.1, 0.15) is 38.4 Å². The lowest BCUT2D eigenvalue weighted by atomic mass is 10.0. The second-order valence-corrected chi connectivity index (χ2v) is 10.8. The Hall–Kier alpha value is -6.64. The SMILES string of the molecule is [2H]c1c([2H])c([2H])c(-c2ccc(-n3c4c([2H])c([2H])c([2H])c([2H])c4c4c([2H])c(-c5c([2H])c([2H])c6c(c5[2H])c5c([2H])c([2H])c([2H])c([2H])c5n6-c5c([2H])c([2H])c([2H])c(-c6c([2H])c([2H])c([2H])c([2H])c6[2H])c5[2H])c([2H])c([2H])c43)cc2)c([2H])c1[2H]. The van der Waals surface area contributed by atoms with E-state index in [0.717, 1.165) is 4.57 Å². The van der Waals surface area contributed by atoms with Gasteiger partial charge in [0.25, 0.3) is 0 Å². The van der Waals surface area contributed by atoms with E-state index in [1.807, 2.05) is 0 Å². The van der Waals surface area contributed by atoms with Gasteiger partial charge in [0, 0.05) is 32.9 Å². The fraction of sp³-hybridized carbons (Fsp3) is 0. The molecule has 0 unspecified atom stereocenters. The van der Waals surface area contributed by atoms with Crippen molar-refractivity contribution in [3.8, 4) is 44.8 Å². The Kier molecular flexibility index (Phi) is 2.77. The van der Waals surface area contributed by atoms with Crippen LogP contribution in [0.25, 0.3) is 88.4 Å². The average molecular weight is 665 g/mol. The van der Waals surface area contributed by atoms with Gasteiger partial charge in [-0.2, -0.15) is 0 Å². The van der Waals surface area contributed by atoms with Crippen LogP contribution in [0.4, 0.5) is 0 Å². The van der Waals surface area contributed by atoms with E-state index in [1.54, 1.807) is 0 Å². The van der Waals surface area contributed by atoms with Crippen LogP contribution in [0.3, 0.4) is 0 Å². The second kappa shape index (κ2) is 11.5. The first-order valence-corrected chi connectivity index (χ1v) is 14.9. The Morgan fingerprint density at radius 2 is 0.720 bits per heavy atom. The molecule has 234 valence electrons. The smallest absolute Gasteiger partial charge is 0.0651 e. The molecule has 0 N–H and O–H groups in total. The van der Waals surface area contributed by atoms with Crippen LogP contribution in [0, 0.1) is 0 Å². The minimum Gasteiger partial charge on any atom is -0.309 e. The van der Waals surface area contributed by atoms with Crippen molar-refractivity contribution >= 4 is 43.6 Å². The topological polar surface area (TPSA) is 9.86 Å². The summed E-state index contributed by atoms with van der Waals surface area (Å²) < 4.78 is 251. The lowest BCUT2D eigenvalue weighted by Crippen LogP contribution is -1.94. The first-order valence-electron chi connectivity index (χ1n) is 28.9. The van der Waals surface area contributed by atoms with Crippen molar-refractivity contribution < 1.29 is 38.4 Å². The van der Waals surface area contributed by atoms with E-state index in [0.29, 0.717) is 0 Å². The molecule has 0 saturated heterocycles. The lowest BCUT2D eigenvalue weighted by Gasteiger charge is -2.11. The molecule has 50 heavy (non-hydrogen) atoms. The van der Waals surface area contributed by atoms with E-state index in [2.05, 4.69) is 0 Å². The van der Waals surface area contributed by atoms with E-state index < -0.39 is 224 Å². The number of aromatic nitrogens is 2. The fourth-order valence-electron chi connectivity index (χ4n) is 5.88. The Morgan fingerprint density at radius 1 is 0.280 bits per heavy atom. The highest BCUT2D eigenvalue weighted by molar-refractivity contribution is 6.12. The predicted molar refractivity (Wildman–Crippen MR) is 211 cm³/mol. The van der Waals surface area contributed by atoms with Gasteiger partial charge < -0.3 is 9.13 Å². The quantitative estimate of drug-likeness (QED) is 0.173. The molecule has 10 rings (SSSR count). The van der Waals surface area contributed by atoms with Crippen molar-refractivity contribution in [1.29, 1.82) is 0 Å². The molecule has 0 fully saturated rings. The fourth-order valence-corrected chi connectivity index (χ4v) is 5.88. The van der Waals surface area contributed by atoms with Gasteiger partial charge in [0.15, 0.2) is 0 Å². The summed E-state index contributed by atoms with van der Waals surface area (Å²) in [6.45, 7) is 0. The molecular formula is C48H32N2. The van der Waals surface area contributed by atoms with Crippen molar-refractivity contribution in [3.63, 3.8) is 0 Å². The minimum atomic E-state index is -1.01.